The summed E-state index contributed by atoms with van der Waals surface area (Å²) in [5, 5.41) is 10.8. The predicted octanol–water partition coefficient (Wildman–Crippen LogP) is 1.84. The molecule has 0 radical (unpaired) electrons. The number of hydrogen-bond acceptors (Lipinski definition) is 4. The Bertz CT molecular complexity index is 432. The van der Waals surface area contributed by atoms with Gasteiger partial charge in [0.1, 0.15) is 5.88 Å². The van der Waals surface area contributed by atoms with E-state index in [4.69, 9.17) is 16.3 Å². The summed E-state index contributed by atoms with van der Waals surface area (Å²) in [4.78, 5) is 27.2. The van der Waals surface area contributed by atoms with E-state index in [9.17, 15) is 14.7 Å². The van der Waals surface area contributed by atoms with Crippen LogP contribution in [-0.4, -0.2) is 70.7 Å². The molecule has 2 fully saturated rings. The maximum absolute atomic E-state index is 11.9. The summed E-state index contributed by atoms with van der Waals surface area (Å²) in [5.41, 5.74) is -0.945. The lowest BCUT2D eigenvalue weighted by atomic mass is 9.91. The fourth-order valence-electron chi connectivity index (χ4n) is 2.79. The molecule has 1 saturated heterocycles. The first-order chi connectivity index (χ1) is 10.8. The van der Waals surface area contributed by atoms with Crippen molar-refractivity contribution in [3.63, 3.8) is 0 Å². The summed E-state index contributed by atoms with van der Waals surface area (Å²) in [6.07, 6.45) is 2.53. The van der Waals surface area contributed by atoms with E-state index in [-0.39, 0.29) is 23.9 Å². The van der Waals surface area contributed by atoms with E-state index in [1.54, 1.807) is 9.80 Å². The molecule has 0 aromatic rings. The number of carbonyl (C=O) groups is 2. The van der Waals surface area contributed by atoms with Crippen LogP contribution in [0.3, 0.4) is 0 Å². The average molecular weight is 347 g/mol. The van der Waals surface area contributed by atoms with E-state index in [0.29, 0.717) is 45.0 Å². The first-order valence-electron chi connectivity index (χ1n) is 8.34. The molecule has 6 nitrogen and oxygen atoms in total. The van der Waals surface area contributed by atoms with Crippen molar-refractivity contribution in [2.75, 3.05) is 32.1 Å². The molecule has 2 aliphatic rings. The maximum atomic E-state index is 11.9. The van der Waals surface area contributed by atoms with Gasteiger partial charge in [0.25, 0.3) is 0 Å². The van der Waals surface area contributed by atoms with Crippen molar-refractivity contribution in [3.8, 4) is 0 Å². The zero-order valence-electron chi connectivity index (χ0n) is 14.0. The number of piperidine rings is 1. The van der Waals surface area contributed by atoms with Crippen LogP contribution in [0.1, 0.15) is 39.5 Å². The number of likely N-dealkylation sites (tertiary alicyclic amines) is 1. The third-order valence-corrected chi connectivity index (χ3v) is 4.61. The van der Waals surface area contributed by atoms with Gasteiger partial charge in [-0.15, -0.1) is 11.6 Å². The molecule has 0 spiro atoms. The minimum absolute atomic E-state index is 0.0553. The molecule has 1 saturated carbocycles. The fourth-order valence-corrected chi connectivity index (χ4v) is 2.95. The van der Waals surface area contributed by atoms with Crippen LogP contribution in [0.5, 0.6) is 0 Å². The Balaban J connectivity index is 1.84. The second-order valence-electron chi connectivity index (χ2n) is 7.07. The molecule has 1 N–H and O–H groups in total. The van der Waals surface area contributed by atoms with Crippen molar-refractivity contribution in [2.45, 2.75) is 51.2 Å². The number of hydrogen-bond donors (Lipinski definition) is 1. The Hall–Kier alpha value is -1.01. The molecule has 2 amide bonds. The van der Waals surface area contributed by atoms with Gasteiger partial charge in [0.2, 0.25) is 5.91 Å². The van der Waals surface area contributed by atoms with Crippen LogP contribution < -0.4 is 0 Å². The zero-order chi connectivity index (χ0) is 17.0. The number of nitrogens with zero attached hydrogens (tertiary/aromatic N) is 2. The van der Waals surface area contributed by atoms with E-state index in [1.807, 2.05) is 13.8 Å². The molecule has 132 valence electrons. The van der Waals surface area contributed by atoms with Crippen LogP contribution in [0.15, 0.2) is 0 Å². The summed E-state index contributed by atoms with van der Waals surface area (Å²) in [6, 6.07) is 0.222. The predicted molar refractivity (Wildman–Crippen MR) is 87.4 cm³/mol. The van der Waals surface area contributed by atoms with Gasteiger partial charge in [-0.05, 0) is 31.6 Å². The Morgan fingerprint density at radius 3 is 2.43 bits per heavy atom. The van der Waals surface area contributed by atoms with Gasteiger partial charge in [-0.25, -0.2) is 4.79 Å². The van der Waals surface area contributed by atoms with E-state index in [0.717, 1.165) is 12.8 Å². The summed E-state index contributed by atoms with van der Waals surface area (Å²) < 4.78 is 5.22. The second kappa shape index (κ2) is 7.71. The van der Waals surface area contributed by atoms with Gasteiger partial charge in [0.15, 0.2) is 0 Å². The normalized spacial score (nSPS) is 20.5. The van der Waals surface area contributed by atoms with Crippen LogP contribution in [0.25, 0.3) is 0 Å². The lowest BCUT2D eigenvalue weighted by Crippen LogP contribution is -2.54. The monoisotopic (exact) mass is 346 g/mol. The quantitative estimate of drug-likeness (QED) is 0.745. The average Bonchev–Trinajstić information content (AvgIpc) is 3.35. The molecule has 23 heavy (non-hydrogen) atoms. The van der Waals surface area contributed by atoms with Gasteiger partial charge in [-0.2, -0.15) is 0 Å². The molecule has 0 aromatic heterocycles. The summed E-state index contributed by atoms with van der Waals surface area (Å²) in [5.74, 6) is 0.121. The Morgan fingerprint density at radius 2 is 1.96 bits per heavy atom. The standard InChI is InChI=1S/C16H27ClN2O4/c1-12(2)10-23-15(21)18-7-5-16(22,6-8-18)11-19(13-3-4-13)14(20)9-17/h12-13,22H,3-11H2,1-2H3. The highest BCUT2D eigenvalue weighted by Crippen LogP contribution is 2.31. The van der Waals surface area contributed by atoms with E-state index >= 15 is 0 Å². The van der Waals surface area contributed by atoms with Crippen LogP contribution >= 0.6 is 11.6 Å². The molecule has 0 bridgehead atoms. The number of carbonyl (C=O) groups excluding carboxylic acids is 2. The van der Waals surface area contributed by atoms with Crippen molar-refractivity contribution in [3.05, 3.63) is 0 Å². The second-order valence-corrected chi connectivity index (χ2v) is 7.34. The minimum Gasteiger partial charge on any atom is -0.449 e. The Labute approximate surface area is 142 Å². The smallest absolute Gasteiger partial charge is 0.409 e. The molecule has 1 aliphatic carbocycles. The molecular formula is C16H27ClN2O4. The third kappa shape index (κ3) is 5.24. The molecule has 7 heteroatoms. The first-order valence-corrected chi connectivity index (χ1v) is 8.87. The molecular weight excluding hydrogens is 320 g/mol. The highest BCUT2D eigenvalue weighted by atomic mass is 35.5. The van der Waals surface area contributed by atoms with Crippen LogP contribution in [0, 0.1) is 5.92 Å². The van der Waals surface area contributed by atoms with Crippen molar-refractivity contribution >= 4 is 23.6 Å². The number of amides is 2. The van der Waals surface area contributed by atoms with E-state index < -0.39 is 5.60 Å². The van der Waals surface area contributed by atoms with Crippen molar-refractivity contribution in [2.24, 2.45) is 5.92 Å². The van der Waals surface area contributed by atoms with Crippen molar-refractivity contribution in [1.82, 2.24) is 9.80 Å². The molecule has 1 heterocycles. The molecule has 0 unspecified atom stereocenters. The summed E-state index contributed by atoms with van der Waals surface area (Å²) in [7, 11) is 0. The van der Waals surface area contributed by atoms with Gasteiger partial charge in [-0.3, -0.25) is 4.79 Å². The van der Waals surface area contributed by atoms with Gasteiger partial charge in [0.05, 0.1) is 12.2 Å². The highest BCUT2D eigenvalue weighted by molar-refractivity contribution is 6.27. The first kappa shape index (κ1) is 18.3. The Kier molecular flexibility index (Phi) is 6.14. The summed E-state index contributed by atoms with van der Waals surface area (Å²) >= 11 is 5.66. The third-order valence-electron chi connectivity index (χ3n) is 4.38. The van der Waals surface area contributed by atoms with Crippen LogP contribution in [0.2, 0.25) is 0 Å². The minimum atomic E-state index is -0.945. The SMILES string of the molecule is CC(C)COC(=O)N1CCC(O)(CN(C(=O)CCl)C2CC2)CC1. The molecule has 0 aromatic carbocycles. The van der Waals surface area contributed by atoms with E-state index in [1.165, 1.54) is 0 Å². The number of rotatable bonds is 6. The van der Waals surface area contributed by atoms with Gasteiger partial charge in [0, 0.05) is 25.7 Å². The number of alkyl halides is 1. The Morgan fingerprint density at radius 1 is 1.35 bits per heavy atom. The lowest BCUT2D eigenvalue weighted by molar-refractivity contribution is -0.134. The van der Waals surface area contributed by atoms with Crippen LogP contribution in [-0.2, 0) is 9.53 Å². The van der Waals surface area contributed by atoms with Crippen molar-refractivity contribution in [1.29, 1.82) is 0 Å². The maximum Gasteiger partial charge on any atom is 0.409 e. The largest absolute Gasteiger partial charge is 0.449 e. The summed E-state index contributed by atoms with van der Waals surface area (Å²) in [6.45, 7) is 5.57. The van der Waals surface area contributed by atoms with Crippen molar-refractivity contribution < 1.29 is 19.4 Å². The van der Waals surface area contributed by atoms with Gasteiger partial charge < -0.3 is 19.6 Å². The van der Waals surface area contributed by atoms with Gasteiger partial charge in [-0.1, -0.05) is 13.8 Å². The number of halogens is 1. The zero-order valence-corrected chi connectivity index (χ0v) is 14.7. The fraction of sp³-hybridized carbons (Fsp3) is 0.875. The van der Waals surface area contributed by atoms with E-state index in [2.05, 4.69) is 0 Å². The number of ether oxygens (including phenoxy) is 1. The topological polar surface area (TPSA) is 70.1 Å². The molecule has 2 rings (SSSR count). The number of aliphatic hydroxyl groups is 1. The van der Waals surface area contributed by atoms with Crippen LogP contribution in [0.4, 0.5) is 4.79 Å². The lowest BCUT2D eigenvalue weighted by Gasteiger charge is -2.40. The molecule has 1 aliphatic heterocycles. The molecule has 0 atom stereocenters. The van der Waals surface area contributed by atoms with Gasteiger partial charge >= 0.3 is 6.09 Å². The highest BCUT2D eigenvalue weighted by Gasteiger charge is 2.41.